The molecule has 1 aliphatic rings. The Balaban J connectivity index is 2.34. The number of nitroso groups, excluding NO2 is 1. The first-order valence-corrected chi connectivity index (χ1v) is 4.73. The van der Waals surface area contributed by atoms with E-state index in [2.05, 4.69) is 15.2 Å². The van der Waals surface area contributed by atoms with Gasteiger partial charge in [0.1, 0.15) is 0 Å². The topological polar surface area (TPSA) is 106 Å². The molecule has 6 nitrogen and oxygen atoms in total. The van der Waals surface area contributed by atoms with E-state index in [-0.39, 0.29) is 12.4 Å². The van der Waals surface area contributed by atoms with Gasteiger partial charge in [0, 0.05) is 5.56 Å². The summed E-state index contributed by atoms with van der Waals surface area (Å²) in [6.07, 6.45) is 0. The average Bonchev–Trinajstić information content (AvgIpc) is 2.34. The quantitative estimate of drug-likeness (QED) is 0.692. The van der Waals surface area contributed by atoms with E-state index < -0.39 is 5.66 Å². The van der Waals surface area contributed by atoms with E-state index in [0.717, 1.165) is 5.56 Å². The molecule has 4 N–H and O–H groups in total. The van der Waals surface area contributed by atoms with Crippen molar-refractivity contribution in [1.29, 1.82) is 0 Å². The number of rotatable bonds is 2. The van der Waals surface area contributed by atoms with Gasteiger partial charge < -0.3 is 5.73 Å². The summed E-state index contributed by atoms with van der Waals surface area (Å²) in [6.45, 7) is 0.0239. The zero-order chi connectivity index (χ0) is 11.6. The monoisotopic (exact) mass is 217 g/mol. The van der Waals surface area contributed by atoms with E-state index in [4.69, 9.17) is 11.5 Å². The molecule has 0 radical (unpaired) electrons. The molecule has 1 aromatic rings. The summed E-state index contributed by atoms with van der Waals surface area (Å²) >= 11 is 0. The maximum absolute atomic E-state index is 10.5. The number of aliphatic imine (C=N–C) groups is 2. The van der Waals surface area contributed by atoms with Crippen LogP contribution in [0, 0.1) is 4.91 Å². The van der Waals surface area contributed by atoms with E-state index in [1.807, 2.05) is 30.3 Å². The molecule has 1 aromatic carbocycles. The zero-order valence-electron chi connectivity index (χ0n) is 8.50. The van der Waals surface area contributed by atoms with Gasteiger partial charge in [0.05, 0.1) is 6.54 Å². The van der Waals surface area contributed by atoms with Crippen LogP contribution < -0.4 is 11.5 Å². The Morgan fingerprint density at radius 3 is 2.56 bits per heavy atom. The van der Waals surface area contributed by atoms with Crippen LogP contribution in [0.4, 0.5) is 0 Å². The summed E-state index contributed by atoms with van der Waals surface area (Å²) in [5.74, 6) is 0.471. The first-order chi connectivity index (χ1) is 7.65. The van der Waals surface area contributed by atoms with Crippen molar-refractivity contribution in [3.63, 3.8) is 0 Å². The van der Waals surface area contributed by atoms with Crippen LogP contribution in [-0.2, 0) is 0 Å². The van der Waals surface area contributed by atoms with Gasteiger partial charge in [0.25, 0.3) is 0 Å². The number of hydrogen-bond acceptors (Lipinski definition) is 6. The lowest BCUT2D eigenvalue weighted by molar-refractivity contribution is 0.592. The van der Waals surface area contributed by atoms with Crippen molar-refractivity contribution >= 4 is 11.7 Å². The second-order valence-electron chi connectivity index (χ2n) is 3.52. The van der Waals surface area contributed by atoms with Gasteiger partial charge in [-0.05, 0) is 5.18 Å². The molecular weight excluding hydrogens is 206 g/mol. The molecule has 6 heteroatoms. The number of hydrogen-bond donors (Lipinski definition) is 2. The fourth-order valence-electron chi connectivity index (χ4n) is 1.34. The minimum absolute atomic E-state index is 0.00338. The fraction of sp³-hybridized carbons (Fsp3) is 0.200. The minimum atomic E-state index is -1.50. The third-order valence-corrected chi connectivity index (χ3v) is 2.33. The molecule has 0 saturated heterocycles. The van der Waals surface area contributed by atoms with Gasteiger partial charge in [-0.25, -0.2) is 4.99 Å². The van der Waals surface area contributed by atoms with E-state index >= 15 is 0 Å². The third kappa shape index (κ3) is 1.70. The Hall–Kier alpha value is -2.08. The third-order valence-electron chi connectivity index (χ3n) is 2.33. The van der Waals surface area contributed by atoms with E-state index in [1.165, 1.54) is 0 Å². The van der Waals surface area contributed by atoms with Crippen LogP contribution in [0.2, 0.25) is 0 Å². The summed E-state index contributed by atoms with van der Waals surface area (Å²) in [5, 5.41) is 2.75. The fourth-order valence-corrected chi connectivity index (χ4v) is 1.34. The molecule has 0 fully saturated rings. The van der Waals surface area contributed by atoms with Crippen molar-refractivity contribution in [1.82, 2.24) is 0 Å². The molecule has 1 unspecified atom stereocenters. The van der Waals surface area contributed by atoms with E-state index in [1.54, 1.807) is 0 Å². The van der Waals surface area contributed by atoms with Crippen LogP contribution in [0.25, 0.3) is 0 Å². The molecule has 0 saturated carbocycles. The van der Waals surface area contributed by atoms with Crippen molar-refractivity contribution in [2.75, 3.05) is 6.54 Å². The van der Waals surface area contributed by atoms with E-state index in [9.17, 15) is 4.91 Å². The Labute approximate surface area is 92.1 Å². The highest BCUT2D eigenvalue weighted by Crippen LogP contribution is 2.13. The molecule has 0 amide bonds. The SMILES string of the molecule is NC1=NC(c2ccccc2)=NCC1(N)N=O. The van der Waals surface area contributed by atoms with Crippen LogP contribution in [0.5, 0.6) is 0 Å². The molecule has 2 rings (SSSR count). The molecule has 1 heterocycles. The normalized spacial score (nSPS) is 24.6. The van der Waals surface area contributed by atoms with Crippen LogP contribution in [0.15, 0.2) is 45.5 Å². The minimum Gasteiger partial charge on any atom is -0.384 e. The van der Waals surface area contributed by atoms with Crippen molar-refractivity contribution in [3.05, 3.63) is 40.8 Å². The Morgan fingerprint density at radius 1 is 1.31 bits per heavy atom. The number of nitrogens with zero attached hydrogens (tertiary/aromatic N) is 3. The lowest BCUT2D eigenvalue weighted by Gasteiger charge is -2.22. The van der Waals surface area contributed by atoms with Crippen molar-refractivity contribution < 1.29 is 0 Å². The summed E-state index contributed by atoms with van der Waals surface area (Å²) < 4.78 is 0. The molecular formula is C10H11N5O. The summed E-state index contributed by atoms with van der Waals surface area (Å²) in [5.41, 5.74) is 10.5. The summed E-state index contributed by atoms with van der Waals surface area (Å²) in [7, 11) is 0. The molecule has 82 valence electrons. The largest absolute Gasteiger partial charge is 0.384 e. The lowest BCUT2D eigenvalue weighted by atomic mass is 10.1. The van der Waals surface area contributed by atoms with Gasteiger partial charge in [-0.15, -0.1) is 4.91 Å². The van der Waals surface area contributed by atoms with Gasteiger partial charge in [-0.1, -0.05) is 30.3 Å². The predicted octanol–water partition coefficient (Wildman–Crippen LogP) is 0.225. The highest BCUT2D eigenvalue weighted by atomic mass is 16.3. The second-order valence-corrected chi connectivity index (χ2v) is 3.52. The van der Waals surface area contributed by atoms with Crippen molar-refractivity contribution in [2.24, 2.45) is 26.6 Å². The maximum atomic E-state index is 10.5. The van der Waals surface area contributed by atoms with Crippen LogP contribution >= 0.6 is 0 Å². The molecule has 1 aliphatic heterocycles. The lowest BCUT2D eigenvalue weighted by Crippen LogP contribution is -2.54. The number of amidine groups is 2. The highest BCUT2D eigenvalue weighted by molar-refractivity contribution is 6.10. The Kier molecular flexibility index (Phi) is 2.49. The van der Waals surface area contributed by atoms with Crippen molar-refractivity contribution in [3.8, 4) is 0 Å². The van der Waals surface area contributed by atoms with Gasteiger partial charge >= 0.3 is 0 Å². The molecule has 0 spiro atoms. The molecule has 0 bridgehead atoms. The number of nitrogens with two attached hydrogens (primary N) is 2. The Bertz CT molecular complexity index is 467. The molecule has 0 aliphatic carbocycles. The maximum Gasteiger partial charge on any atom is 0.227 e. The van der Waals surface area contributed by atoms with Crippen LogP contribution in [0.1, 0.15) is 5.56 Å². The second kappa shape index (κ2) is 3.82. The van der Waals surface area contributed by atoms with E-state index in [0.29, 0.717) is 5.84 Å². The average molecular weight is 217 g/mol. The smallest absolute Gasteiger partial charge is 0.227 e. The summed E-state index contributed by atoms with van der Waals surface area (Å²) in [4.78, 5) is 18.6. The molecule has 1 atom stereocenters. The van der Waals surface area contributed by atoms with Crippen LogP contribution in [0.3, 0.4) is 0 Å². The first-order valence-electron chi connectivity index (χ1n) is 4.73. The standard InChI is InChI=1S/C10H11N5O/c11-9-10(12,15-16)6-13-8(14-9)7-4-2-1-3-5-7/h1-5H,6,12H2,(H2,11,13,14). The Morgan fingerprint density at radius 2 is 2.00 bits per heavy atom. The van der Waals surface area contributed by atoms with Gasteiger partial charge in [0.15, 0.2) is 11.7 Å². The molecule has 16 heavy (non-hydrogen) atoms. The highest BCUT2D eigenvalue weighted by Gasteiger charge is 2.34. The summed E-state index contributed by atoms with van der Waals surface area (Å²) in [6, 6.07) is 9.33. The first kappa shape index (κ1) is 10.4. The van der Waals surface area contributed by atoms with Gasteiger partial charge in [-0.2, -0.15) is 0 Å². The predicted molar refractivity (Wildman–Crippen MR) is 62.2 cm³/mol. The van der Waals surface area contributed by atoms with Gasteiger partial charge in [0.2, 0.25) is 5.66 Å². The number of benzene rings is 1. The molecule has 0 aromatic heterocycles. The van der Waals surface area contributed by atoms with Crippen molar-refractivity contribution in [2.45, 2.75) is 5.66 Å². The van der Waals surface area contributed by atoms with Gasteiger partial charge in [-0.3, -0.25) is 10.7 Å². The zero-order valence-corrected chi connectivity index (χ0v) is 8.50. The van der Waals surface area contributed by atoms with Crippen LogP contribution in [-0.4, -0.2) is 23.9 Å².